The summed E-state index contributed by atoms with van der Waals surface area (Å²) in [6.07, 6.45) is 14.0. The van der Waals surface area contributed by atoms with E-state index in [0.717, 1.165) is 48.6 Å². The summed E-state index contributed by atoms with van der Waals surface area (Å²) in [5.41, 5.74) is 3.69. The number of hydrogen-bond acceptors (Lipinski definition) is 10. The highest BCUT2D eigenvalue weighted by Crippen LogP contribution is 2.42. The fraction of sp³-hybridized carbons (Fsp3) is 0.325. The van der Waals surface area contributed by atoms with Gasteiger partial charge in [-0.2, -0.15) is 0 Å². The van der Waals surface area contributed by atoms with Gasteiger partial charge in [-0.25, -0.2) is 24.2 Å². The van der Waals surface area contributed by atoms with Gasteiger partial charge in [-0.1, -0.05) is 18.6 Å². The lowest BCUT2D eigenvalue weighted by molar-refractivity contribution is -0.159. The van der Waals surface area contributed by atoms with Crippen LogP contribution in [0.15, 0.2) is 85.5 Å². The van der Waals surface area contributed by atoms with Gasteiger partial charge in [0.25, 0.3) is 0 Å². The van der Waals surface area contributed by atoms with Crippen LogP contribution in [0.2, 0.25) is 0 Å². The summed E-state index contributed by atoms with van der Waals surface area (Å²) < 4.78 is 15.9. The number of rotatable bonds is 10. The largest absolute Gasteiger partial charge is 0.508 e. The summed E-state index contributed by atoms with van der Waals surface area (Å²) in [6.45, 7) is 4.09. The van der Waals surface area contributed by atoms with Crippen molar-refractivity contribution in [2.75, 3.05) is 26.2 Å². The standard InChI is InChI=1S/C36H39N3O3S.2C2H2O4/c40-28-11-16-31-32(23-26-7-12-30(13-8-26)42-34-6-2-1-5-33(34)39-20-17-37-25-39)36(43-35(31)24-28)27-9-14-29(15-10-27)41-22-21-38-18-3-4-19-38;2*3-1(4)2(5)6/h7-17,20,24-25,33-34,40H,1-6,18-19,21-23H2;2*(H,3,4)(H,5,6)/t33-,34-;;/m1../s1. The highest BCUT2D eigenvalue weighted by atomic mass is 32.1. The number of aliphatic carboxylic acids is 4. The molecule has 1 saturated carbocycles. The third-order valence-electron chi connectivity index (χ3n) is 9.30. The number of nitrogens with zero attached hydrogens (tertiary/aromatic N) is 3. The molecule has 2 aliphatic rings. The number of hydrogen-bond donors (Lipinski definition) is 5. The van der Waals surface area contributed by atoms with Crippen LogP contribution in [0.3, 0.4) is 0 Å². The lowest BCUT2D eigenvalue weighted by Crippen LogP contribution is -2.32. The summed E-state index contributed by atoms with van der Waals surface area (Å²) >= 11 is 1.74. The van der Waals surface area contributed by atoms with Gasteiger partial charge in [0.15, 0.2) is 0 Å². The van der Waals surface area contributed by atoms with E-state index in [1.54, 1.807) is 17.4 Å². The second-order valence-corrected chi connectivity index (χ2v) is 14.1. The second-order valence-electron chi connectivity index (χ2n) is 13.1. The predicted molar refractivity (Wildman–Crippen MR) is 204 cm³/mol. The molecule has 2 fully saturated rings. The Balaban J connectivity index is 0.000000422. The topological polar surface area (TPSA) is 209 Å². The number of phenols is 1. The molecule has 1 aliphatic carbocycles. The number of ether oxygens (including phenoxy) is 2. The molecule has 55 heavy (non-hydrogen) atoms. The van der Waals surface area contributed by atoms with Crippen LogP contribution in [-0.2, 0) is 25.6 Å². The number of phenolic OH excluding ortho intramolecular Hbond substituents is 1. The number of benzene rings is 3. The molecule has 0 unspecified atom stereocenters. The van der Waals surface area contributed by atoms with Crippen molar-refractivity contribution in [2.24, 2.45) is 0 Å². The summed E-state index contributed by atoms with van der Waals surface area (Å²) in [6, 6.07) is 23.1. The Morgan fingerprint density at radius 3 is 2.04 bits per heavy atom. The van der Waals surface area contributed by atoms with Crippen LogP contribution >= 0.6 is 11.3 Å². The monoisotopic (exact) mass is 773 g/mol. The molecule has 3 heterocycles. The van der Waals surface area contributed by atoms with Crippen molar-refractivity contribution in [1.29, 1.82) is 0 Å². The van der Waals surface area contributed by atoms with Crippen molar-refractivity contribution in [3.05, 3.63) is 96.6 Å². The van der Waals surface area contributed by atoms with Gasteiger partial charge in [0.1, 0.15) is 30.0 Å². The van der Waals surface area contributed by atoms with Gasteiger partial charge in [0.2, 0.25) is 0 Å². The second kappa shape index (κ2) is 19.4. The van der Waals surface area contributed by atoms with E-state index >= 15 is 0 Å². The molecule has 7 rings (SSSR count). The number of thiophene rings is 1. The highest BCUT2D eigenvalue weighted by molar-refractivity contribution is 7.22. The molecule has 1 saturated heterocycles. The SMILES string of the molecule is O=C(O)C(=O)O.O=C(O)C(=O)O.Oc1ccc2c(Cc3ccc(O[C@@H]4CCCC[C@H]4n4ccnc4)cc3)c(-c3ccc(OCCN4CCCC4)cc3)sc2c1. The molecular weight excluding hydrogens is 731 g/mol. The number of imidazole rings is 1. The van der Waals surface area contributed by atoms with E-state index in [0.29, 0.717) is 11.8 Å². The first-order chi connectivity index (χ1) is 26.5. The van der Waals surface area contributed by atoms with Gasteiger partial charge in [-0.3, -0.25) is 4.90 Å². The first-order valence-electron chi connectivity index (χ1n) is 17.8. The van der Waals surface area contributed by atoms with E-state index in [1.165, 1.54) is 65.7 Å². The molecule has 0 spiro atoms. The molecular formula is C40H43N3O11S. The minimum atomic E-state index is -1.82. The van der Waals surface area contributed by atoms with Gasteiger partial charge < -0.3 is 39.6 Å². The maximum absolute atomic E-state index is 10.2. The summed E-state index contributed by atoms with van der Waals surface area (Å²) in [5, 5.41) is 41.0. The number of carboxylic acid groups (broad SMARTS) is 4. The fourth-order valence-electron chi connectivity index (χ4n) is 6.63. The Hall–Kier alpha value is -5.93. The van der Waals surface area contributed by atoms with Crippen LogP contribution in [0.5, 0.6) is 17.2 Å². The van der Waals surface area contributed by atoms with E-state index in [1.807, 2.05) is 30.9 Å². The normalized spacial score (nSPS) is 16.6. The minimum absolute atomic E-state index is 0.154. The van der Waals surface area contributed by atoms with E-state index < -0.39 is 23.9 Å². The molecule has 0 bridgehead atoms. The number of aromatic hydroxyl groups is 1. The predicted octanol–water partition coefficient (Wildman–Crippen LogP) is 6.41. The number of likely N-dealkylation sites (tertiary alicyclic amines) is 1. The van der Waals surface area contributed by atoms with E-state index in [4.69, 9.17) is 49.1 Å². The zero-order valence-corrected chi connectivity index (χ0v) is 30.8. The lowest BCUT2D eigenvalue weighted by Gasteiger charge is -2.32. The first kappa shape index (κ1) is 40.3. The zero-order valence-electron chi connectivity index (χ0n) is 30.0. The smallest absolute Gasteiger partial charge is 0.414 e. The first-order valence-corrected chi connectivity index (χ1v) is 18.7. The van der Waals surface area contributed by atoms with Crippen LogP contribution < -0.4 is 9.47 Å². The molecule has 290 valence electrons. The van der Waals surface area contributed by atoms with Crippen LogP contribution in [0.25, 0.3) is 20.5 Å². The molecule has 2 aromatic heterocycles. The molecule has 0 amide bonds. The molecule has 5 N–H and O–H groups in total. The molecule has 14 nitrogen and oxygen atoms in total. The van der Waals surface area contributed by atoms with Crippen molar-refractivity contribution in [2.45, 2.75) is 57.1 Å². The molecule has 2 atom stereocenters. The van der Waals surface area contributed by atoms with Gasteiger partial charge in [-0.05, 0) is 128 Å². The Labute approximate surface area is 320 Å². The van der Waals surface area contributed by atoms with Crippen molar-refractivity contribution < 1.29 is 54.2 Å². The maximum Gasteiger partial charge on any atom is 0.414 e. The zero-order chi connectivity index (χ0) is 39.3. The number of aromatic nitrogens is 2. The fourth-order valence-corrected chi connectivity index (χ4v) is 7.89. The molecule has 5 aromatic rings. The number of fused-ring (bicyclic) bond motifs is 1. The Bertz CT molecular complexity index is 1990. The highest BCUT2D eigenvalue weighted by Gasteiger charge is 2.28. The summed E-state index contributed by atoms with van der Waals surface area (Å²) in [7, 11) is 0. The Morgan fingerprint density at radius 2 is 1.42 bits per heavy atom. The van der Waals surface area contributed by atoms with E-state index in [9.17, 15) is 5.11 Å². The van der Waals surface area contributed by atoms with Gasteiger partial charge in [0, 0.05) is 28.5 Å². The number of carboxylic acids is 4. The molecule has 1 aliphatic heterocycles. The summed E-state index contributed by atoms with van der Waals surface area (Å²) in [5.74, 6) is -5.17. The van der Waals surface area contributed by atoms with Gasteiger partial charge >= 0.3 is 23.9 Å². The van der Waals surface area contributed by atoms with Crippen molar-refractivity contribution in [3.63, 3.8) is 0 Å². The van der Waals surface area contributed by atoms with Gasteiger partial charge in [0.05, 0.1) is 12.4 Å². The maximum atomic E-state index is 10.2. The quantitative estimate of drug-likeness (QED) is 0.0974. The Morgan fingerprint density at radius 1 is 0.782 bits per heavy atom. The van der Waals surface area contributed by atoms with E-state index in [2.05, 4.69) is 63.0 Å². The lowest BCUT2D eigenvalue weighted by atomic mass is 9.92. The van der Waals surface area contributed by atoms with Crippen molar-refractivity contribution >= 4 is 45.3 Å². The molecule has 0 radical (unpaired) electrons. The van der Waals surface area contributed by atoms with Crippen LogP contribution in [0.1, 0.15) is 55.7 Å². The van der Waals surface area contributed by atoms with Crippen molar-refractivity contribution in [3.8, 4) is 27.7 Å². The summed E-state index contributed by atoms with van der Waals surface area (Å²) in [4.78, 5) is 44.4. The average Bonchev–Trinajstić information content (AvgIpc) is 3.96. The number of carbonyl (C=O) groups is 4. The molecule has 15 heteroatoms. The third-order valence-corrected chi connectivity index (χ3v) is 10.5. The van der Waals surface area contributed by atoms with Gasteiger partial charge in [-0.15, -0.1) is 11.3 Å². The van der Waals surface area contributed by atoms with Crippen LogP contribution in [0, 0.1) is 0 Å². The van der Waals surface area contributed by atoms with Crippen LogP contribution in [-0.4, -0.2) is 96.2 Å². The third kappa shape index (κ3) is 11.5. The Kier molecular flexibility index (Phi) is 14.2. The minimum Gasteiger partial charge on any atom is -0.508 e. The van der Waals surface area contributed by atoms with Crippen molar-refractivity contribution in [1.82, 2.24) is 14.5 Å². The molecule has 3 aromatic carbocycles. The van der Waals surface area contributed by atoms with Crippen LogP contribution in [0.4, 0.5) is 0 Å². The van der Waals surface area contributed by atoms with E-state index in [-0.39, 0.29) is 6.10 Å². The average molecular weight is 774 g/mol.